The number of likely N-dealkylation sites (N-methyl/N-ethyl adjacent to an activating group) is 1. The molecule has 1 aromatic carbocycles. The Labute approximate surface area is 138 Å². The summed E-state index contributed by atoms with van der Waals surface area (Å²) >= 11 is 3.37. The maximum absolute atomic E-state index is 12.2. The van der Waals surface area contributed by atoms with Crippen molar-refractivity contribution in [3.8, 4) is 0 Å². The number of pyridine rings is 1. The molecule has 1 aromatic heterocycles. The van der Waals surface area contributed by atoms with E-state index >= 15 is 0 Å². The number of amides is 1. The van der Waals surface area contributed by atoms with Gasteiger partial charge in [0, 0.05) is 17.6 Å². The lowest BCUT2D eigenvalue weighted by atomic mass is 10.2. The quantitative estimate of drug-likeness (QED) is 0.828. The highest BCUT2D eigenvalue weighted by molar-refractivity contribution is 9.10. The minimum atomic E-state index is -0.164. The highest BCUT2D eigenvalue weighted by Crippen LogP contribution is 2.18. The van der Waals surface area contributed by atoms with Crippen LogP contribution in [-0.4, -0.2) is 43.0 Å². The molecule has 0 spiro atoms. The highest BCUT2D eigenvalue weighted by Gasteiger charge is 2.09. The molecule has 0 saturated heterocycles. The van der Waals surface area contributed by atoms with Crippen molar-refractivity contribution in [1.82, 2.24) is 9.88 Å². The molecular weight excluding hydrogens is 344 g/mol. The first kappa shape index (κ1) is 16.5. The Balaban J connectivity index is 1.94. The summed E-state index contributed by atoms with van der Waals surface area (Å²) in [5, 5.41) is 6.06. The van der Waals surface area contributed by atoms with Gasteiger partial charge in [-0.3, -0.25) is 4.79 Å². The minimum Gasteiger partial charge on any atom is -0.369 e. The summed E-state index contributed by atoms with van der Waals surface area (Å²) in [6.07, 6.45) is 1.65. The van der Waals surface area contributed by atoms with Crippen molar-refractivity contribution in [3.63, 3.8) is 0 Å². The van der Waals surface area contributed by atoms with Gasteiger partial charge in [-0.25, -0.2) is 4.98 Å². The van der Waals surface area contributed by atoms with Crippen LogP contribution in [0.5, 0.6) is 0 Å². The lowest BCUT2D eigenvalue weighted by molar-refractivity contribution is 0.102. The summed E-state index contributed by atoms with van der Waals surface area (Å²) in [4.78, 5) is 18.6. The maximum Gasteiger partial charge on any atom is 0.256 e. The molecular formula is C16H19BrN4O. The van der Waals surface area contributed by atoms with E-state index in [0.717, 1.165) is 23.4 Å². The van der Waals surface area contributed by atoms with Gasteiger partial charge in [0.15, 0.2) is 0 Å². The molecule has 0 aliphatic rings. The van der Waals surface area contributed by atoms with Crippen molar-refractivity contribution in [2.75, 3.05) is 37.8 Å². The third-order valence-corrected chi connectivity index (χ3v) is 3.70. The Morgan fingerprint density at radius 1 is 1.23 bits per heavy atom. The molecule has 0 saturated carbocycles. The standard InChI is InChI=1S/C16H19BrN4O/c1-21(2)10-9-18-15-8-7-12(11-19-15)20-16(22)13-5-3-4-6-14(13)17/h3-8,11H,9-10H2,1-2H3,(H,18,19)(H,20,22). The number of carbonyl (C=O) groups is 1. The topological polar surface area (TPSA) is 57.3 Å². The first-order chi connectivity index (χ1) is 10.6. The second kappa shape index (κ2) is 7.91. The average molecular weight is 363 g/mol. The normalized spacial score (nSPS) is 10.5. The number of halogens is 1. The third kappa shape index (κ3) is 4.82. The molecule has 0 fully saturated rings. The molecule has 1 amide bonds. The van der Waals surface area contributed by atoms with Gasteiger partial charge in [-0.2, -0.15) is 0 Å². The molecule has 6 heteroatoms. The van der Waals surface area contributed by atoms with Gasteiger partial charge in [-0.1, -0.05) is 12.1 Å². The summed E-state index contributed by atoms with van der Waals surface area (Å²) in [6.45, 7) is 1.75. The van der Waals surface area contributed by atoms with Crippen LogP contribution in [0.15, 0.2) is 47.1 Å². The van der Waals surface area contributed by atoms with Crippen LogP contribution in [-0.2, 0) is 0 Å². The third-order valence-electron chi connectivity index (χ3n) is 3.00. The van der Waals surface area contributed by atoms with Crippen LogP contribution < -0.4 is 10.6 Å². The molecule has 5 nitrogen and oxygen atoms in total. The molecule has 0 radical (unpaired) electrons. The summed E-state index contributed by atoms with van der Waals surface area (Å²) < 4.78 is 0.766. The fourth-order valence-electron chi connectivity index (χ4n) is 1.82. The minimum absolute atomic E-state index is 0.164. The Kier molecular flexibility index (Phi) is 5.91. The molecule has 0 unspecified atom stereocenters. The Hall–Kier alpha value is -1.92. The number of hydrogen-bond acceptors (Lipinski definition) is 4. The van der Waals surface area contributed by atoms with E-state index in [2.05, 4.69) is 36.4 Å². The average Bonchev–Trinajstić information content (AvgIpc) is 2.49. The van der Waals surface area contributed by atoms with Crippen molar-refractivity contribution in [1.29, 1.82) is 0 Å². The molecule has 0 bridgehead atoms. The second-order valence-corrected chi connectivity index (χ2v) is 5.95. The SMILES string of the molecule is CN(C)CCNc1ccc(NC(=O)c2ccccc2Br)cn1. The lowest BCUT2D eigenvalue weighted by Crippen LogP contribution is -2.21. The number of nitrogens with zero attached hydrogens (tertiary/aromatic N) is 2. The number of carbonyl (C=O) groups excluding carboxylic acids is 1. The van der Waals surface area contributed by atoms with E-state index < -0.39 is 0 Å². The van der Waals surface area contributed by atoms with Crippen LogP contribution in [0.2, 0.25) is 0 Å². The predicted octanol–water partition coefficient (Wildman–Crippen LogP) is 3.07. The van der Waals surface area contributed by atoms with Gasteiger partial charge in [0.2, 0.25) is 0 Å². The second-order valence-electron chi connectivity index (χ2n) is 5.10. The van der Waals surface area contributed by atoms with Gasteiger partial charge in [0.25, 0.3) is 5.91 Å². The van der Waals surface area contributed by atoms with Gasteiger partial charge in [-0.15, -0.1) is 0 Å². The summed E-state index contributed by atoms with van der Waals surface area (Å²) in [6, 6.07) is 11.0. The smallest absolute Gasteiger partial charge is 0.256 e. The number of aromatic nitrogens is 1. The van der Waals surface area contributed by atoms with E-state index in [0.29, 0.717) is 11.3 Å². The Morgan fingerprint density at radius 2 is 2.00 bits per heavy atom. The van der Waals surface area contributed by atoms with Crippen LogP contribution in [0, 0.1) is 0 Å². The number of rotatable bonds is 6. The van der Waals surface area contributed by atoms with Crippen LogP contribution in [0.3, 0.4) is 0 Å². The van der Waals surface area contributed by atoms with Gasteiger partial charge in [0.1, 0.15) is 5.82 Å². The summed E-state index contributed by atoms with van der Waals surface area (Å²) in [7, 11) is 4.05. The van der Waals surface area contributed by atoms with E-state index in [1.54, 1.807) is 12.3 Å². The van der Waals surface area contributed by atoms with Crippen LogP contribution >= 0.6 is 15.9 Å². The fourth-order valence-corrected chi connectivity index (χ4v) is 2.29. The summed E-state index contributed by atoms with van der Waals surface area (Å²) in [5.41, 5.74) is 1.26. The van der Waals surface area contributed by atoms with Gasteiger partial charge >= 0.3 is 0 Å². The Bertz CT molecular complexity index is 628. The van der Waals surface area contributed by atoms with Gasteiger partial charge in [-0.05, 0) is 54.3 Å². The molecule has 116 valence electrons. The maximum atomic E-state index is 12.2. The van der Waals surface area contributed by atoms with Crippen LogP contribution in [0.1, 0.15) is 10.4 Å². The highest BCUT2D eigenvalue weighted by atomic mass is 79.9. The zero-order chi connectivity index (χ0) is 15.9. The first-order valence-corrected chi connectivity index (χ1v) is 7.76. The molecule has 2 N–H and O–H groups in total. The van der Waals surface area contributed by atoms with E-state index in [1.807, 2.05) is 44.4 Å². The van der Waals surface area contributed by atoms with Crippen molar-refractivity contribution < 1.29 is 4.79 Å². The van der Waals surface area contributed by atoms with Crippen molar-refractivity contribution >= 4 is 33.3 Å². The van der Waals surface area contributed by atoms with Crippen molar-refractivity contribution in [3.05, 3.63) is 52.6 Å². The predicted molar refractivity (Wildman–Crippen MR) is 93.4 cm³/mol. The van der Waals surface area contributed by atoms with Crippen LogP contribution in [0.4, 0.5) is 11.5 Å². The number of anilines is 2. The van der Waals surface area contributed by atoms with E-state index in [9.17, 15) is 4.79 Å². The molecule has 0 aliphatic heterocycles. The largest absolute Gasteiger partial charge is 0.369 e. The molecule has 2 aromatic rings. The zero-order valence-electron chi connectivity index (χ0n) is 12.6. The van der Waals surface area contributed by atoms with E-state index in [4.69, 9.17) is 0 Å². The molecule has 22 heavy (non-hydrogen) atoms. The fraction of sp³-hybridized carbons (Fsp3) is 0.250. The summed E-state index contributed by atoms with van der Waals surface area (Å²) in [5.74, 6) is 0.628. The van der Waals surface area contributed by atoms with Crippen LogP contribution in [0.25, 0.3) is 0 Å². The molecule has 0 aliphatic carbocycles. The zero-order valence-corrected chi connectivity index (χ0v) is 14.2. The first-order valence-electron chi connectivity index (χ1n) is 6.97. The van der Waals surface area contributed by atoms with E-state index in [1.165, 1.54) is 0 Å². The number of benzene rings is 1. The van der Waals surface area contributed by atoms with Crippen molar-refractivity contribution in [2.45, 2.75) is 0 Å². The molecule has 1 heterocycles. The molecule has 0 atom stereocenters. The lowest BCUT2D eigenvalue weighted by Gasteiger charge is -2.11. The van der Waals surface area contributed by atoms with Gasteiger partial charge < -0.3 is 15.5 Å². The Morgan fingerprint density at radius 3 is 2.64 bits per heavy atom. The number of nitrogens with one attached hydrogen (secondary N) is 2. The monoisotopic (exact) mass is 362 g/mol. The van der Waals surface area contributed by atoms with Crippen molar-refractivity contribution in [2.24, 2.45) is 0 Å². The number of hydrogen-bond donors (Lipinski definition) is 2. The van der Waals surface area contributed by atoms with Gasteiger partial charge in [0.05, 0.1) is 17.4 Å². The molecule has 2 rings (SSSR count). The van der Waals surface area contributed by atoms with E-state index in [-0.39, 0.29) is 5.91 Å².